The zero-order valence-corrected chi connectivity index (χ0v) is 8.98. The molecule has 16 heavy (non-hydrogen) atoms. The first kappa shape index (κ1) is 11.3. The molecule has 1 aliphatic heterocycles. The molecule has 0 radical (unpaired) electrons. The molecule has 0 fully saturated rings. The van der Waals surface area contributed by atoms with Crippen LogP contribution in [-0.4, -0.2) is 17.1 Å². The molecular weight excluding hydrogens is 241 g/mol. The molecule has 1 unspecified atom stereocenters. The lowest BCUT2D eigenvalue weighted by atomic mass is 10.2. The summed E-state index contributed by atoms with van der Waals surface area (Å²) >= 11 is 0.502. The van der Waals surface area contributed by atoms with Gasteiger partial charge in [-0.25, -0.2) is 4.79 Å². The molecule has 1 heterocycles. The van der Waals surface area contributed by atoms with Crippen LogP contribution in [0.2, 0.25) is 0 Å². The van der Waals surface area contributed by atoms with E-state index in [1.165, 1.54) is 12.1 Å². The number of thioether (sulfide) groups is 1. The van der Waals surface area contributed by atoms with E-state index in [0.29, 0.717) is 16.7 Å². The number of esters is 1. The third-order valence-electron chi connectivity index (χ3n) is 2.21. The van der Waals surface area contributed by atoms with Crippen LogP contribution < -0.4 is 0 Å². The molecule has 0 aliphatic carbocycles. The van der Waals surface area contributed by atoms with Crippen molar-refractivity contribution >= 4 is 17.7 Å². The van der Waals surface area contributed by atoms with E-state index < -0.39 is 17.1 Å². The minimum atomic E-state index is -4.60. The van der Waals surface area contributed by atoms with Gasteiger partial charge in [0, 0.05) is 4.90 Å². The third kappa shape index (κ3) is 1.67. The van der Waals surface area contributed by atoms with Crippen LogP contribution in [0.4, 0.5) is 13.2 Å². The maximum atomic E-state index is 12.7. The van der Waals surface area contributed by atoms with Gasteiger partial charge in [-0.1, -0.05) is 23.9 Å². The van der Waals surface area contributed by atoms with Crippen LogP contribution in [0.5, 0.6) is 0 Å². The van der Waals surface area contributed by atoms with Crippen molar-refractivity contribution in [3.63, 3.8) is 0 Å². The average molecular weight is 248 g/mol. The van der Waals surface area contributed by atoms with Crippen molar-refractivity contribution in [1.82, 2.24) is 0 Å². The molecule has 2 nitrogen and oxygen atoms in total. The van der Waals surface area contributed by atoms with Crippen molar-refractivity contribution in [2.45, 2.75) is 22.9 Å². The number of alkyl halides is 3. The van der Waals surface area contributed by atoms with Gasteiger partial charge >= 0.3 is 12.1 Å². The Morgan fingerprint density at radius 1 is 1.31 bits per heavy atom. The van der Waals surface area contributed by atoms with Gasteiger partial charge in [0.15, 0.2) is 0 Å². The number of halogens is 3. The number of carbonyl (C=O) groups is 1. The predicted molar refractivity (Wildman–Crippen MR) is 52.2 cm³/mol. The van der Waals surface area contributed by atoms with Gasteiger partial charge in [0.2, 0.25) is 0 Å². The van der Waals surface area contributed by atoms with Crippen LogP contribution in [0, 0.1) is 0 Å². The molecule has 1 aromatic rings. The average Bonchev–Trinajstić information content (AvgIpc) is 2.15. The zero-order valence-electron chi connectivity index (χ0n) is 8.17. The van der Waals surface area contributed by atoms with Crippen molar-refractivity contribution in [2.75, 3.05) is 0 Å². The molecule has 86 valence electrons. The van der Waals surface area contributed by atoms with E-state index in [1.807, 2.05) is 0 Å². The number of hydrogen-bond acceptors (Lipinski definition) is 3. The lowest BCUT2D eigenvalue weighted by molar-refractivity contribution is -0.214. The summed E-state index contributed by atoms with van der Waals surface area (Å²) in [4.78, 5) is 9.20. The molecule has 0 spiro atoms. The molecular formula is C10H7F3O2S. The van der Waals surface area contributed by atoms with Crippen LogP contribution in [0.3, 0.4) is 0 Å². The summed E-state index contributed by atoms with van der Waals surface area (Å²) in [6.45, 7) is 0.853. The number of fused-ring (bicyclic) bond motifs is 1. The summed E-state index contributed by atoms with van der Waals surface area (Å²) in [5.74, 6) is -0.936. The van der Waals surface area contributed by atoms with Gasteiger partial charge in [0.05, 0.1) is 5.56 Å². The molecule has 0 amide bonds. The highest BCUT2D eigenvalue weighted by Gasteiger charge is 2.57. The van der Waals surface area contributed by atoms with E-state index >= 15 is 0 Å². The van der Waals surface area contributed by atoms with Crippen molar-refractivity contribution < 1.29 is 22.7 Å². The Bertz CT molecular complexity index is 444. The topological polar surface area (TPSA) is 26.3 Å². The van der Waals surface area contributed by atoms with Gasteiger partial charge in [-0.3, -0.25) is 0 Å². The first-order valence-corrected chi connectivity index (χ1v) is 5.23. The molecule has 0 N–H and O–H groups in total. The summed E-state index contributed by atoms with van der Waals surface area (Å²) in [7, 11) is 0. The molecule has 0 aromatic heterocycles. The Balaban J connectivity index is 2.46. The van der Waals surface area contributed by atoms with Crippen LogP contribution in [-0.2, 0) is 4.74 Å². The lowest BCUT2D eigenvalue weighted by Crippen LogP contribution is -2.45. The van der Waals surface area contributed by atoms with Crippen molar-refractivity contribution in [3.05, 3.63) is 29.8 Å². The number of hydrogen-bond donors (Lipinski definition) is 0. The van der Waals surface area contributed by atoms with E-state index in [0.717, 1.165) is 6.92 Å². The number of rotatable bonds is 0. The molecule has 6 heteroatoms. The standard InChI is InChI=1S/C10H7F3O2S/c1-9(10(11,12)13)15-8(14)6-4-2-3-5-7(6)16-9/h2-5H,1H3. The summed E-state index contributed by atoms with van der Waals surface area (Å²) < 4.78 is 42.5. The Morgan fingerprint density at radius 2 is 1.94 bits per heavy atom. The molecule has 0 saturated heterocycles. The predicted octanol–water partition coefficient (Wildman–Crippen LogP) is 3.23. The number of cyclic esters (lactones) is 1. The zero-order chi connectivity index (χ0) is 12.0. The lowest BCUT2D eigenvalue weighted by Gasteiger charge is -2.34. The number of benzene rings is 1. The second-order valence-corrected chi connectivity index (χ2v) is 4.85. The molecule has 0 saturated carbocycles. The van der Waals surface area contributed by atoms with E-state index in [4.69, 9.17) is 0 Å². The molecule has 1 aromatic carbocycles. The normalized spacial score (nSPS) is 24.9. The summed E-state index contributed by atoms with van der Waals surface area (Å²) in [5.41, 5.74) is 0.175. The summed E-state index contributed by atoms with van der Waals surface area (Å²) in [5, 5.41) is 0. The van der Waals surface area contributed by atoms with Gasteiger partial charge in [-0.05, 0) is 19.1 Å². The quantitative estimate of drug-likeness (QED) is 0.659. The summed E-state index contributed by atoms with van der Waals surface area (Å²) in [6, 6.07) is 6.09. The van der Waals surface area contributed by atoms with Gasteiger partial charge < -0.3 is 4.74 Å². The first-order valence-electron chi connectivity index (χ1n) is 4.41. The van der Waals surface area contributed by atoms with Crippen molar-refractivity contribution in [3.8, 4) is 0 Å². The number of carbonyl (C=O) groups excluding carboxylic acids is 1. The second kappa shape index (κ2) is 3.41. The van der Waals surface area contributed by atoms with E-state index in [-0.39, 0.29) is 5.56 Å². The first-order chi connectivity index (χ1) is 7.33. The Hall–Kier alpha value is -1.17. The second-order valence-electron chi connectivity index (χ2n) is 3.43. The Kier molecular flexibility index (Phi) is 2.41. The fourth-order valence-electron chi connectivity index (χ4n) is 1.30. The van der Waals surface area contributed by atoms with Crippen molar-refractivity contribution in [2.24, 2.45) is 0 Å². The van der Waals surface area contributed by atoms with Crippen molar-refractivity contribution in [1.29, 1.82) is 0 Å². The van der Waals surface area contributed by atoms with E-state index in [2.05, 4.69) is 4.74 Å². The molecule has 0 bridgehead atoms. The van der Waals surface area contributed by atoms with Gasteiger partial charge in [-0.2, -0.15) is 13.2 Å². The monoisotopic (exact) mass is 248 g/mol. The molecule has 1 aliphatic rings. The van der Waals surface area contributed by atoms with Crippen LogP contribution in [0.1, 0.15) is 17.3 Å². The SMILES string of the molecule is CC1(C(F)(F)F)OC(=O)c2ccccc2S1. The molecule has 1 atom stereocenters. The highest BCUT2D eigenvalue weighted by molar-refractivity contribution is 8.00. The van der Waals surface area contributed by atoms with E-state index in [1.54, 1.807) is 12.1 Å². The largest absolute Gasteiger partial charge is 0.438 e. The maximum absolute atomic E-state index is 12.7. The van der Waals surface area contributed by atoms with Crippen LogP contribution in [0.25, 0.3) is 0 Å². The number of ether oxygens (including phenoxy) is 1. The van der Waals surface area contributed by atoms with E-state index in [9.17, 15) is 18.0 Å². The minimum Gasteiger partial charge on any atom is -0.434 e. The van der Waals surface area contributed by atoms with Gasteiger partial charge in [-0.15, -0.1) is 0 Å². The van der Waals surface area contributed by atoms with Crippen LogP contribution in [0.15, 0.2) is 29.2 Å². The highest BCUT2D eigenvalue weighted by Crippen LogP contribution is 2.49. The van der Waals surface area contributed by atoms with Crippen LogP contribution >= 0.6 is 11.8 Å². The Labute approximate surface area is 93.8 Å². The van der Waals surface area contributed by atoms with Gasteiger partial charge in [0.1, 0.15) is 0 Å². The maximum Gasteiger partial charge on any atom is 0.438 e. The fraction of sp³-hybridized carbons (Fsp3) is 0.300. The molecule has 2 rings (SSSR count). The highest BCUT2D eigenvalue weighted by atomic mass is 32.2. The van der Waals surface area contributed by atoms with Gasteiger partial charge in [0.25, 0.3) is 4.93 Å². The smallest absolute Gasteiger partial charge is 0.434 e. The summed E-state index contributed by atoms with van der Waals surface area (Å²) in [6.07, 6.45) is -4.60. The fourth-order valence-corrected chi connectivity index (χ4v) is 2.36. The minimum absolute atomic E-state index is 0.175. The Morgan fingerprint density at radius 3 is 2.56 bits per heavy atom. The third-order valence-corrected chi connectivity index (χ3v) is 3.49.